The quantitative estimate of drug-likeness (QED) is 0.219. The first-order valence-electron chi connectivity index (χ1n) is 15.4. The molecule has 0 aromatic carbocycles. The summed E-state index contributed by atoms with van der Waals surface area (Å²) in [5, 5.41) is 25.0. The van der Waals surface area contributed by atoms with Crippen LogP contribution in [0, 0.1) is 0 Å². The lowest BCUT2D eigenvalue weighted by atomic mass is 9.82. The topological polar surface area (TPSA) is 142 Å². The van der Waals surface area contributed by atoms with Gasteiger partial charge in [-0.15, -0.1) is 20.4 Å². The summed E-state index contributed by atoms with van der Waals surface area (Å²) in [6.07, 6.45) is 6.60. The second kappa shape index (κ2) is 12.9. The van der Waals surface area contributed by atoms with Crippen LogP contribution in [0.15, 0.2) is 36.7 Å². The molecule has 252 valence electrons. The van der Waals surface area contributed by atoms with Gasteiger partial charge in [0.2, 0.25) is 22.1 Å². The highest BCUT2D eigenvalue weighted by Crippen LogP contribution is 2.43. The fourth-order valence-corrected chi connectivity index (χ4v) is 7.81. The van der Waals surface area contributed by atoms with Gasteiger partial charge in [-0.3, -0.25) is 19.6 Å². The van der Waals surface area contributed by atoms with Gasteiger partial charge in [-0.25, -0.2) is 17.6 Å². The largest absolute Gasteiger partial charge is 0.358 e. The molecule has 2 unspecified atom stereocenters. The summed E-state index contributed by atoms with van der Waals surface area (Å²) in [5.41, 5.74) is 2.22. The monoisotopic (exact) mass is 702 g/mol. The third kappa shape index (κ3) is 7.53. The maximum Gasteiger partial charge on any atom is 0.282 e. The number of aromatic nitrogens is 6. The van der Waals surface area contributed by atoms with Crippen molar-refractivity contribution < 1.29 is 27.2 Å². The second-order valence-electron chi connectivity index (χ2n) is 12.3. The van der Waals surface area contributed by atoms with Crippen molar-refractivity contribution in [2.45, 2.75) is 62.2 Å². The fraction of sp³-hybridized carbons (Fsp3) is 0.467. The van der Waals surface area contributed by atoms with E-state index in [2.05, 4.69) is 41.0 Å². The second-order valence-corrected chi connectivity index (χ2v) is 14.4. The molecule has 12 nitrogen and oxygen atoms in total. The molecule has 18 heteroatoms. The molecule has 2 saturated heterocycles. The van der Waals surface area contributed by atoms with E-state index in [1.807, 2.05) is 0 Å². The molecular formula is C30H30F4N10O2S2. The van der Waals surface area contributed by atoms with E-state index < -0.39 is 11.8 Å². The third-order valence-corrected chi connectivity index (χ3v) is 10.5. The van der Waals surface area contributed by atoms with Gasteiger partial charge in [0.05, 0.1) is 62.8 Å². The lowest BCUT2D eigenvalue weighted by Crippen LogP contribution is -2.56. The lowest BCUT2D eigenvalue weighted by molar-refractivity contribution is -0.116. The van der Waals surface area contributed by atoms with Crippen LogP contribution in [0.25, 0.3) is 0 Å². The molecule has 4 aromatic rings. The van der Waals surface area contributed by atoms with Crippen LogP contribution in [-0.4, -0.2) is 80.2 Å². The Labute approximate surface area is 280 Å². The van der Waals surface area contributed by atoms with Gasteiger partial charge in [0.15, 0.2) is 0 Å². The van der Waals surface area contributed by atoms with Crippen molar-refractivity contribution in [3.63, 3.8) is 0 Å². The smallest absolute Gasteiger partial charge is 0.282 e. The minimum absolute atomic E-state index is 0.0120. The van der Waals surface area contributed by atoms with E-state index >= 15 is 0 Å². The maximum absolute atomic E-state index is 13.1. The Balaban J connectivity index is 0.876. The molecule has 4 aromatic heterocycles. The first-order valence-corrected chi connectivity index (χ1v) is 17.0. The molecule has 3 fully saturated rings. The molecule has 1 saturated carbocycles. The Hall–Kier alpha value is -4.32. The van der Waals surface area contributed by atoms with Crippen molar-refractivity contribution >= 4 is 56.1 Å². The number of amides is 2. The lowest BCUT2D eigenvalue weighted by Gasteiger charge is -2.40. The average molecular weight is 703 g/mol. The van der Waals surface area contributed by atoms with E-state index in [0.29, 0.717) is 33.0 Å². The van der Waals surface area contributed by atoms with Crippen molar-refractivity contribution in [3.8, 4) is 0 Å². The van der Waals surface area contributed by atoms with Crippen molar-refractivity contribution in [1.82, 2.24) is 30.4 Å². The van der Waals surface area contributed by atoms with E-state index in [4.69, 9.17) is 0 Å². The van der Waals surface area contributed by atoms with E-state index in [0.717, 1.165) is 35.7 Å². The number of pyridine rings is 2. The molecule has 6 heterocycles. The number of rotatable bonds is 10. The maximum atomic E-state index is 13.1. The summed E-state index contributed by atoms with van der Waals surface area (Å²) >= 11 is 2.66. The molecule has 0 bridgehead atoms. The van der Waals surface area contributed by atoms with Gasteiger partial charge in [-0.2, -0.15) is 0 Å². The predicted octanol–water partition coefficient (Wildman–Crippen LogP) is 4.89. The number of alkyl halides is 4. The molecule has 7 rings (SSSR count). The number of nitrogens with zero attached hydrogens (tertiary/aromatic N) is 8. The SMILES string of the molecule is O=C(Cc1ccc(N2CC(F)(F)C2)cn1)Nc1nnc(C2CCCC(c3nnc(NC(=O)Cc4ccc(N5CC(F)(F)C5)cn4)s3)C2)s1. The minimum Gasteiger partial charge on any atom is -0.358 e. The van der Waals surface area contributed by atoms with Crippen molar-refractivity contribution in [2.24, 2.45) is 0 Å². The van der Waals surface area contributed by atoms with Crippen LogP contribution >= 0.6 is 22.7 Å². The number of hydrogen-bond acceptors (Lipinski definition) is 12. The van der Waals surface area contributed by atoms with Gasteiger partial charge in [-0.1, -0.05) is 29.1 Å². The third-order valence-electron chi connectivity index (χ3n) is 8.47. The van der Waals surface area contributed by atoms with Crippen molar-refractivity contribution in [1.29, 1.82) is 0 Å². The fourth-order valence-electron chi connectivity index (χ4n) is 6.00. The Kier molecular flexibility index (Phi) is 8.69. The molecule has 2 aliphatic heterocycles. The van der Waals surface area contributed by atoms with E-state index in [1.54, 1.807) is 24.3 Å². The highest BCUT2D eigenvalue weighted by atomic mass is 32.1. The molecule has 0 spiro atoms. The zero-order valence-electron chi connectivity index (χ0n) is 25.4. The standard InChI is InChI=1S/C30H30F4N10O2S2/c31-29(32)13-43(14-29)21-6-4-19(35-11-21)9-23(45)37-27-41-39-25(47-27)17-2-1-3-18(8-17)26-40-42-28(48-26)38-24(46)10-20-5-7-22(12-36-20)44-15-30(33,34)16-44/h4-7,11-12,17-18H,1-3,8-10,13-16H2,(H,37,41,45)(H,38,42,46). The van der Waals surface area contributed by atoms with Crippen LogP contribution in [0.1, 0.15) is 58.9 Å². The van der Waals surface area contributed by atoms with Gasteiger partial charge >= 0.3 is 0 Å². The van der Waals surface area contributed by atoms with Gasteiger partial charge in [0.1, 0.15) is 10.0 Å². The van der Waals surface area contributed by atoms with Crippen LogP contribution < -0.4 is 20.4 Å². The first-order chi connectivity index (χ1) is 23.0. The highest BCUT2D eigenvalue weighted by Gasteiger charge is 2.44. The van der Waals surface area contributed by atoms with Crippen LogP contribution in [0.2, 0.25) is 0 Å². The van der Waals surface area contributed by atoms with Crippen LogP contribution in [0.4, 0.5) is 39.2 Å². The number of anilines is 4. The summed E-state index contributed by atoms with van der Waals surface area (Å²) in [5.74, 6) is -5.67. The van der Waals surface area contributed by atoms with Gasteiger partial charge in [0, 0.05) is 23.2 Å². The molecule has 0 radical (unpaired) electrons. The van der Waals surface area contributed by atoms with Gasteiger partial charge < -0.3 is 20.4 Å². The van der Waals surface area contributed by atoms with E-state index in [-0.39, 0.29) is 62.7 Å². The Morgan fingerprint density at radius 1 is 0.708 bits per heavy atom. The van der Waals surface area contributed by atoms with Crippen LogP contribution in [0.5, 0.6) is 0 Å². The molecule has 48 heavy (non-hydrogen) atoms. The first kappa shape index (κ1) is 32.2. The summed E-state index contributed by atoms with van der Waals surface area (Å²) in [6, 6.07) is 6.68. The molecule has 1 aliphatic carbocycles. The number of nitrogens with one attached hydrogen (secondary N) is 2. The van der Waals surface area contributed by atoms with Crippen LogP contribution in [-0.2, 0) is 22.4 Å². The molecule has 2 N–H and O–H groups in total. The number of carbonyl (C=O) groups is 2. The number of hydrogen-bond donors (Lipinski definition) is 2. The van der Waals surface area contributed by atoms with E-state index in [9.17, 15) is 27.2 Å². The Morgan fingerprint density at radius 2 is 1.15 bits per heavy atom. The molecule has 3 aliphatic rings. The minimum atomic E-state index is -2.67. The number of carbonyl (C=O) groups excluding carboxylic acids is 2. The summed E-state index contributed by atoms with van der Waals surface area (Å²) in [4.78, 5) is 36.8. The molecular weight excluding hydrogens is 673 g/mol. The summed E-state index contributed by atoms with van der Waals surface area (Å²) < 4.78 is 52.5. The van der Waals surface area contributed by atoms with Crippen molar-refractivity contribution in [3.05, 3.63) is 58.1 Å². The Bertz CT molecular complexity index is 1640. The van der Waals surface area contributed by atoms with E-state index in [1.165, 1.54) is 44.9 Å². The average Bonchev–Trinajstić information content (AvgIpc) is 3.69. The van der Waals surface area contributed by atoms with Crippen LogP contribution in [0.3, 0.4) is 0 Å². The summed E-state index contributed by atoms with van der Waals surface area (Å²) in [6.45, 7) is -1.33. The zero-order chi connectivity index (χ0) is 33.5. The van der Waals surface area contributed by atoms with Crippen molar-refractivity contribution in [2.75, 3.05) is 46.6 Å². The Morgan fingerprint density at radius 3 is 1.52 bits per heavy atom. The zero-order valence-corrected chi connectivity index (χ0v) is 27.0. The normalized spacial score (nSPS) is 21.2. The number of halogens is 4. The highest BCUT2D eigenvalue weighted by molar-refractivity contribution is 7.15. The molecule has 2 amide bonds. The van der Waals surface area contributed by atoms with Gasteiger partial charge in [-0.05, 0) is 43.5 Å². The van der Waals surface area contributed by atoms with Gasteiger partial charge in [0.25, 0.3) is 11.8 Å². The molecule has 2 atom stereocenters. The summed E-state index contributed by atoms with van der Waals surface area (Å²) in [7, 11) is 0. The predicted molar refractivity (Wildman–Crippen MR) is 171 cm³/mol.